The summed E-state index contributed by atoms with van der Waals surface area (Å²) < 4.78 is 33.0. The van der Waals surface area contributed by atoms with Gasteiger partial charge < -0.3 is 4.42 Å². The number of hydrogen-bond acceptors (Lipinski definition) is 7. The minimum absolute atomic E-state index is 0.0492. The standard InChI is InChI=1S/C19H13Cl2N3O5S2/c1-2-23-31(27,28)17-13(20)4-9(5-14(17)21)12-8-22-7-10-3-11(29-16(10)12)6-15-18(25)24-19(26)30-15/h3-8,23H,2H2,1H3,(H,24,25,26). The first-order chi connectivity index (χ1) is 14.7. The number of aromatic nitrogens is 1. The van der Waals surface area contributed by atoms with Gasteiger partial charge >= 0.3 is 0 Å². The number of amides is 2. The van der Waals surface area contributed by atoms with Gasteiger partial charge in [-0.05, 0) is 35.5 Å². The van der Waals surface area contributed by atoms with Crippen LogP contribution in [0.4, 0.5) is 4.79 Å². The minimum atomic E-state index is -3.86. The van der Waals surface area contributed by atoms with Gasteiger partial charge in [0.15, 0.2) is 0 Å². The quantitative estimate of drug-likeness (QED) is 0.500. The van der Waals surface area contributed by atoms with Gasteiger partial charge in [-0.3, -0.25) is 19.9 Å². The summed E-state index contributed by atoms with van der Waals surface area (Å²) in [6, 6.07) is 4.60. The zero-order valence-electron chi connectivity index (χ0n) is 15.7. The lowest BCUT2D eigenvalue weighted by Crippen LogP contribution is -2.23. The van der Waals surface area contributed by atoms with Crippen molar-refractivity contribution in [1.82, 2.24) is 15.0 Å². The van der Waals surface area contributed by atoms with E-state index in [4.69, 9.17) is 27.6 Å². The molecule has 0 spiro atoms. The fraction of sp³-hybridized carbons (Fsp3) is 0.105. The predicted octanol–water partition coefficient (Wildman–Crippen LogP) is 4.42. The van der Waals surface area contributed by atoms with Crippen LogP contribution in [-0.4, -0.2) is 31.1 Å². The van der Waals surface area contributed by atoms with Gasteiger partial charge in [0.05, 0.1) is 15.0 Å². The summed E-state index contributed by atoms with van der Waals surface area (Å²) in [7, 11) is -3.86. The Balaban J connectivity index is 1.81. The number of fused-ring (bicyclic) bond motifs is 1. The molecule has 3 heterocycles. The molecule has 160 valence electrons. The van der Waals surface area contributed by atoms with Gasteiger partial charge in [0, 0.05) is 36.0 Å². The molecule has 0 atom stereocenters. The summed E-state index contributed by atoms with van der Waals surface area (Å²) in [5.41, 5.74) is 1.46. The predicted molar refractivity (Wildman–Crippen MR) is 119 cm³/mol. The molecule has 1 saturated heterocycles. The third-order valence-corrected chi connectivity index (χ3v) is 7.55. The van der Waals surface area contributed by atoms with Crippen LogP contribution in [0.3, 0.4) is 0 Å². The number of carbonyl (C=O) groups excluding carboxylic acids is 2. The summed E-state index contributed by atoms with van der Waals surface area (Å²) >= 11 is 13.3. The highest BCUT2D eigenvalue weighted by Crippen LogP contribution is 2.38. The number of pyridine rings is 1. The summed E-state index contributed by atoms with van der Waals surface area (Å²) in [5, 5.41) is 2.26. The van der Waals surface area contributed by atoms with Crippen molar-refractivity contribution >= 4 is 73.2 Å². The molecule has 31 heavy (non-hydrogen) atoms. The molecule has 1 aliphatic rings. The van der Waals surface area contributed by atoms with Crippen LogP contribution >= 0.6 is 35.0 Å². The molecule has 1 aliphatic heterocycles. The third-order valence-electron chi connectivity index (χ3n) is 4.27. The van der Waals surface area contributed by atoms with Gasteiger partial charge in [-0.25, -0.2) is 13.1 Å². The molecule has 2 aromatic heterocycles. The molecule has 12 heteroatoms. The Hall–Kier alpha value is -2.37. The number of nitrogens with one attached hydrogen (secondary N) is 2. The average Bonchev–Trinajstić information content (AvgIpc) is 3.22. The highest BCUT2D eigenvalue weighted by Gasteiger charge is 2.26. The van der Waals surface area contributed by atoms with Crippen LogP contribution in [0.5, 0.6) is 0 Å². The average molecular weight is 498 g/mol. The number of furan rings is 1. The Morgan fingerprint density at radius 3 is 2.52 bits per heavy atom. The smallest absolute Gasteiger partial charge is 0.290 e. The van der Waals surface area contributed by atoms with Crippen molar-refractivity contribution in [3.8, 4) is 11.1 Å². The van der Waals surface area contributed by atoms with Crippen LogP contribution in [0.1, 0.15) is 12.7 Å². The Bertz CT molecular complexity index is 1360. The first-order valence-corrected chi connectivity index (χ1v) is 11.9. The number of thioether (sulfide) groups is 1. The van der Waals surface area contributed by atoms with Crippen molar-refractivity contribution < 1.29 is 22.4 Å². The number of imide groups is 1. The molecule has 0 bridgehead atoms. The second-order valence-electron chi connectivity index (χ2n) is 6.38. The van der Waals surface area contributed by atoms with E-state index in [1.54, 1.807) is 19.2 Å². The van der Waals surface area contributed by atoms with E-state index in [0.29, 0.717) is 27.9 Å². The van der Waals surface area contributed by atoms with Crippen LogP contribution in [-0.2, 0) is 14.8 Å². The molecule has 2 amide bonds. The molecule has 0 aliphatic carbocycles. The second-order valence-corrected chi connectivity index (χ2v) is 9.91. The second kappa shape index (κ2) is 8.29. The molecular formula is C19H13Cl2N3O5S2. The van der Waals surface area contributed by atoms with Gasteiger partial charge in [-0.2, -0.15) is 0 Å². The van der Waals surface area contributed by atoms with Crippen molar-refractivity contribution in [2.24, 2.45) is 0 Å². The third kappa shape index (κ3) is 4.21. The number of carbonyl (C=O) groups is 2. The number of rotatable bonds is 5. The zero-order chi connectivity index (χ0) is 22.3. The molecule has 1 aromatic carbocycles. The largest absolute Gasteiger partial charge is 0.456 e. The molecule has 2 N–H and O–H groups in total. The van der Waals surface area contributed by atoms with Crippen molar-refractivity contribution in [3.05, 3.63) is 51.3 Å². The maximum Gasteiger partial charge on any atom is 0.290 e. The van der Waals surface area contributed by atoms with Crippen molar-refractivity contribution in [1.29, 1.82) is 0 Å². The first-order valence-electron chi connectivity index (χ1n) is 8.81. The maximum absolute atomic E-state index is 12.4. The summed E-state index contributed by atoms with van der Waals surface area (Å²) in [6.45, 7) is 1.83. The van der Waals surface area contributed by atoms with E-state index < -0.39 is 21.2 Å². The Labute approximate surface area is 191 Å². The molecule has 0 saturated carbocycles. The van der Waals surface area contributed by atoms with Gasteiger partial charge in [0.1, 0.15) is 16.2 Å². The minimum Gasteiger partial charge on any atom is -0.456 e. The van der Waals surface area contributed by atoms with Gasteiger partial charge in [0.25, 0.3) is 11.1 Å². The summed E-state index contributed by atoms with van der Waals surface area (Å²) in [4.78, 5) is 27.3. The van der Waals surface area contributed by atoms with Crippen LogP contribution < -0.4 is 10.0 Å². The topological polar surface area (TPSA) is 118 Å². The molecule has 1 fully saturated rings. The normalized spacial score (nSPS) is 15.8. The lowest BCUT2D eigenvalue weighted by atomic mass is 10.1. The number of halogens is 2. The van der Waals surface area contributed by atoms with Crippen molar-refractivity contribution in [2.45, 2.75) is 11.8 Å². The Kier molecular flexibility index (Phi) is 5.84. The van der Waals surface area contributed by atoms with E-state index in [9.17, 15) is 18.0 Å². The van der Waals surface area contributed by atoms with E-state index >= 15 is 0 Å². The van der Waals surface area contributed by atoms with Crippen LogP contribution in [0.2, 0.25) is 10.0 Å². The Morgan fingerprint density at radius 2 is 1.90 bits per heavy atom. The zero-order valence-corrected chi connectivity index (χ0v) is 18.9. The molecule has 3 aromatic rings. The maximum atomic E-state index is 12.4. The van der Waals surface area contributed by atoms with E-state index in [1.807, 2.05) is 0 Å². The summed E-state index contributed by atoms with van der Waals surface area (Å²) in [6.07, 6.45) is 4.56. The van der Waals surface area contributed by atoms with Crippen molar-refractivity contribution in [3.63, 3.8) is 0 Å². The van der Waals surface area contributed by atoms with Crippen LogP contribution in [0.15, 0.2) is 44.8 Å². The van der Waals surface area contributed by atoms with Crippen LogP contribution in [0.25, 0.3) is 28.2 Å². The SMILES string of the molecule is CCNS(=O)(=O)c1c(Cl)cc(-c2cncc3cc(C=C4SC(=O)NC4=O)oc23)cc1Cl. The highest BCUT2D eigenvalue weighted by atomic mass is 35.5. The van der Waals surface area contributed by atoms with Gasteiger partial charge in [-0.1, -0.05) is 30.1 Å². The molecule has 4 rings (SSSR count). The van der Waals surface area contributed by atoms with E-state index in [2.05, 4.69) is 15.0 Å². The van der Waals surface area contributed by atoms with Crippen LogP contribution in [0, 0.1) is 0 Å². The fourth-order valence-electron chi connectivity index (χ4n) is 3.04. The van der Waals surface area contributed by atoms with Gasteiger partial charge in [0.2, 0.25) is 10.0 Å². The fourth-order valence-corrected chi connectivity index (χ4v) is 5.96. The number of sulfonamides is 1. The number of benzene rings is 1. The van der Waals surface area contributed by atoms with E-state index in [1.165, 1.54) is 24.4 Å². The lowest BCUT2D eigenvalue weighted by Gasteiger charge is -2.11. The molecule has 0 unspecified atom stereocenters. The monoisotopic (exact) mass is 497 g/mol. The van der Waals surface area contributed by atoms with Gasteiger partial charge in [-0.15, -0.1) is 0 Å². The molecule has 8 nitrogen and oxygen atoms in total. The van der Waals surface area contributed by atoms with Crippen molar-refractivity contribution in [2.75, 3.05) is 6.54 Å². The molecule has 0 radical (unpaired) electrons. The number of nitrogens with zero attached hydrogens (tertiary/aromatic N) is 1. The number of hydrogen-bond donors (Lipinski definition) is 2. The lowest BCUT2D eigenvalue weighted by molar-refractivity contribution is -0.115. The molecular weight excluding hydrogens is 485 g/mol. The van der Waals surface area contributed by atoms with E-state index in [0.717, 1.165) is 11.8 Å². The highest BCUT2D eigenvalue weighted by molar-refractivity contribution is 8.18. The Morgan fingerprint density at radius 1 is 1.19 bits per heavy atom. The first kappa shape index (κ1) is 21.8. The summed E-state index contributed by atoms with van der Waals surface area (Å²) in [5.74, 6) is -0.148. The van der Waals surface area contributed by atoms with E-state index in [-0.39, 0.29) is 26.4 Å².